The van der Waals surface area contributed by atoms with Crippen LogP contribution in [0.3, 0.4) is 0 Å². The average molecular weight is 240 g/mol. The largest absolute Gasteiger partial charge is 0.392 e. The summed E-state index contributed by atoms with van der Waals surface area (Å²) >= 11 is 0. The van der Waals surface area contributed by atoms with Crippen molar-refractivity contribution in [3.63, 3.8) is 0 Å². The van der Waals surface area contributed by atoms with Crippen LogP contribution >= 0.6 is 0 Å². The smallest absolute Gasteiger partial charge is 0.123 e. The lowest BCUT2D eigenvalue weighted by Gasteiger charge is -2.43. The maximum atomic E-state index is 13.4. The molecule has 0 unspecified atom stereocenters. The molecule has 3 atom stereocenters. The van der Waals surface area contributed by atoms with E-state index in [0.717, 1.165) is 11.1 Å². The van der Waals surface area contributed by atoms with Crippen molar-refractivity contribution in [1.29, 1.82) is 0 Å². The van der Waals surface area contributed by atoms with Gasteiger partial charge in [-0.1, -0.05) is 30.3 Å². The molecule has 2 bridgehead atoms. The summed E-state index contributed by atoms with van der Waals surface area (Å²) in [5, 5.41) is 10.3. The van der Waals surface area contributed by atoms with E-state index < -0.39 is 0 Å². The van der Waals surface area contributed by atoms with Gasteiger partial charge in [-0.05, 0) is 40.8 Å². The minimum Gasteiger partial charge on any atom is -0.392 e. The van der Waals surface area contributed by atoms with E-state index in [4.69, 9.17) is 0 Å². The average Bonchev–Trinajstić information content (AvgIpc) is 2.39. The summed E-state index contributed by atoms with van der Waals surface area (Å²) < 4.78 is 13.4. The molecule has 2 heteroatoms. The van der Waals surface area contributed by atoms with Gasteiger partial charge in [0.2, 0.25) is 0 Å². The summed E-state index contributed by atoms with van der Waals surface area (Å²) in [6.45, 7) is 0. The summed E-state index contributed by atoms with van der Waals surface area (Å²) in [6, 6.07) is 13.2. The van der Waals surface area contributed by atoms with E-state index in [9.17, 15) is 9.50 Å². The molecule has 1 N–H and O–H groups in total. The first kappa shape index (κ1) is 10.3. The molecule has 2 aromatic rings. The Kier molecular flexibility index (Phi) is 1.95. The van der Waals surface area contributed by atoms with Crippen LogP contribution in [0.1, 0.15) is 40.5 Å². The van der Waals surface area contributed by atoms with Crippen LogP contribution < -0.4 is 0 Å². The predicted octanol–water partition coefficient (Wildman–Crippen LogP) is 3.17. The summed E-state index contributed by atoms with van der Waals surface area (Å²) in [6.07, 6.45) is 0.362. The van der Waals surface area contributed by atoms with Crippen molar-refractivity contribution >= 4 is 0 Å². The van der Waals surface area contributed by atoms with Crippen LogP contribution in [-0.2, 0) is 0 Å². The van der Waals surface area contributed by atoms with E-state index in [1.165, 1.54) is 17.2 Å². The van der Waals surface area contributed by atoms with Gasteiger partial charge in [-0.2, -0.15) is 0 Å². The maximum Gasteiger partial charge on any atom is 0.123 e. The second-order valence-electron chi connectivity index (χ2n) is 5.24. The molecule has 0 saturated carbocycles. The Hall–Kier alpha value is -1.67. The summed E-state index contributed by atoms with van der Waals surface area (Å²) in [7, 11) is 0. The van der Waals surface area contributed by atoms with Crippen molar-refractivity contribution in [3.8, 4) is 0 Å². The lowest BCUT2D eigenvalue weighted by molar-refractivity contribution is 0.124. The monoisotopic (exact) mass is 240 g/mol. The van der Waals surface area contributed by atoms with Gasteiger partial charge in [-0.15, -0.1) is 0 Å². The molecule has 0 saturated heterocycles. The molecule has 5 rings (SSSR count). The van der Waals surface area contributed by atoms with Crippen LogP contribution in [0.25, 0.3) is 0 Å². The topological polar surface area (TPSA) is 20.2 Å². The Bertz CT molecular complexity index is 635. The number of fused-ring (bicyclic) bond motifs is 1. The lowest BCUT2D eigenvalue weighted by atomic mass is 9.62. The number of aliphatic hydroxyl groups is 1. The van der Waals surface area contributed by atoms with Gasteiger partial charge in [-0.25, -0.2) is 4.39 Å². The first-order valence-electron chi connectivity index (χ1n) is 6.32. The fraction of sp³-hybridized carbons (Fsp3) is 0.250. The highest BCUT2D eigenvalue weighted by molar-refractivity contribution is 5.56. The molecule has 1 nitrogen and oxygen atoms in total. The van der Waals surface area contributed by atoms with Crippen LogP contribution in [0.5, 0.6) is 0 Å². The normalized spacial score (nSPS) is 27.8. The first-order chi connectivity index (χ1) is 8.75. The van der Waals surface area contributed by atoms with E-state index in [1.807, 2.05) is 18.2 Å². The highest BCUT2D eigenvalue weighted by atomic mass is 19.1. The minimum absolute atomic E-state index is 0.0156. The highest BCUT2D eigenvalue weighted by Gasteiger charge is 2.42. The van der Waals surface area contributed by atoms with Gasteiger partial charge in [0, 0.05) is 11.8 Å². The zero-order valence-electron chi connectivity index (χ0n) is 9.81. The van der Waals surface area contributed by atoms with E-state index in [1.54, 1.807) is 6.07 Å². The van der Waals surface area contributed by atoms with E-state index >= 15 is 0 Å². The summed E-state index contributed by atoms with van der Waals surface area (Å²) in [5.74, 6) is -0.0260. The number of hydrogen-bond donors (Lipinski definition) is 1. The second kappa shape index (κ2) is 3.42. The molecule has 90 valence electrons. The van der Waals surface area contributed by atoms with Gasteiger partial charge >= 0.3 is 0 Å². The zero-order chi connectivity index (χ0) is 12.3. The molecule has 2 aromatic carbocycles. The van der Waals surface area contributed by atoms with Crippen molar-refractivity contribution in [1.82, 2.24) is 0 Å². The third-order valence-electron chi connectivity index (χ3n) is 4.33. The number of benzene rings is 2. The van der Waals surface area contributed by atoms with Crippen LogP contribution in [0.15, 0.2) is 42.5 Å². The molecular formula is C16H13FO. The number of hydrogen-bond acceptors (Lipinski definition) is 1. The molecule has 0 amide bonds. The fourth-order valence-electron chi connectivity index (χ4n) is 3.62. The molecular weight excluding hydrogens is 227 g/mol. The Morgan fingerprint density at radius 2 is 1.67 bits per heavy atom. The molecule has 18 heavy (non-hydrogen) atoms. The Morgan fingerprint density at radius 3 is 2.50 bits per heavy atom. The van der Waals surface area contributed by atoms with Gasteiger partial charge in [0.1, 0.15) is 5.82 Å². The molecule has 0 heterocycles. The van der Waals surface area contributed by atoms with Crippen LogP contribution in [0, 0.1) is 5.82 Å². The fourth-order valence-corrected chi connectivity index (χ4v) is 3.62. The van der Waals surface area contributed by atoms with E-state index in [0.29, 0.717) is 6.42 Å². The molecule has 3 aliphatic carbocycles. The highest BCUT2D eigenvalue weighted by Crippen LogP contribution is 2.52. The number of rotatable bonds is 0. The van der Waals surface area contributed by atoms with E-state index in [2.05, 4.69) is 12.1 Å². The van der Waals surface area contributed by atoms with Crippen molar-refractivity contribution in [3.05, 3.63) is 70.5 Å². The predicted molar refractivity (Wildman–Crippen MR) is 67.2 cm³/mol. The Balaban J connectivity index is 2.02. The number of aliphatic hydroxyl groups excluding tert-OH is 1. The van der Waals surface area contributed by atoms with E-state index in [-0.39, 0.29) is 23.8 Å². The summed E-state index contributed by atoms with van der Waals surface area (Å²) in [4.78, 5) is 0. The molecule has 0 aromatic heterocycles. The Morgan fingerprint density at radius 1 is 0.944 bits per heavy atom. The van der Waals surface area contributed by atoms with Crippen molar-refractivity contribution in [2.45, 2.75) is 24.4 Å². The van der Waals surface area contributed by atoms with Crippen LogP contribution in [-0.4, -0.2) is 11.2 Å². The van der Waals surface area contributed by atoms with Gasteiger partial charge < -0.3 is 5.11 Å². The minimum atomic E-state index is -0.345. The third kappa shape index (κ3) is 1.19. The van der Waals surface area contributed by atoms with Gasteiger partial charge in [0.15, 0.2) is 0 Å². The lowest BCUT2D eigenvalue weighted by Crippen LogP contribution is -2.35. The van der Waals surface area contributed by atoms with Gasteiger partial charge in [0.05, 0.1) is 6.10 Å². The molecule has 0 radical (unpaired) electrons. The SMILES string of the molecule is O[C@H]1C[C@H]2c3ccccc3[C@@H]1c1ccc(F)cc12. The quantitative estimate of drug-likeness (QED) is 0.750. The standard InChI is InChI=1S/C16H13FO/c17-9-5-6-12-13(7-9)14-8-15(18)16(12)11-4-2-1-3-10(11)14/h1-7,14-16,18H,8H2/t14-,15-,16+/m0/s1. The van der Waals surface area contributed by atoms with Gasteiger partial charge in [-0.3, -0.25) is 0 Å². The molecule has 3 aliphatic rings. The molecule has 0 fully saturated rings. The molecule has 0 spiro atoms. The van der Waals surface area contributed by atoms with Crippen molar-refractivity contribution in [2.75, 3.05) is 0 Å². The van der Waals surface area contributed by atoms with Crippen molar-refractivity contribution in [2.24, 2.45) is 0 Å². The molecule has 0 aliphatic heterocycles. The third-order valence-corrected chi connectivity index (χ3v) is 4.33. The summed E-state index contributed by atoms with van der Waals surface area (Å²) in [5.41, 5.74) is 4.62. The van der Waals surface area contributed by atoms with Crippen LogP contribution in [0.4, 0.5) is 4.39 Å². The zero-order valence-corrected chi connectivity index (χ0v) is 9.81. The van der Waals surface area contributed by atoms with Crippen molar-refractivity contribution < 1.29 is 9.50 Å². The first-order valence-corrected chi connectivity index (χ1v) is 6.32. The maximum absolute atomic E-state index is 13.4. The number of halogens is 1. The Labute approximate surface area is 105 Å². The van der Waals surface area contributed by atoms with Gasteiger partial charge in [0.25, 0.3) is 0 Å². The second-order valence-corrected chi connectivity index (χ2v) is 5.24. The van der Waals surface area contributed by atoms with Crippen LogP contribution in [0.2, 0.25) is 0 Å².